The molecule has 1 unspecified atom stereocenters. The average molecular weight is 276 g/mol. The number of fused-ring (bicyclic) bond motifs is 1. The summed E-state index contributed by atoms with van der Waals surface area (Å²) in [4.78, 5) is 4.64. The monoisotopic (exact) mass is 276 g/mol. The first-order chi connectivity index (χ1) is 9.04. The van der Waals surface area contributed by atoms with Gasteiger partial charge in [0, 0.05) is 6.04 Å². The first-order valence-corrected chi connectivity index (χ1v) is 8.00. The Morgan fingerprint density at radius 1 is 1.21 bits per heavy atom. The summed E-state index contributed by atoms with van der Waals surface area (Å²) in [6.45, 7) is 8.94. The van der Waals surface area contributed by atoms with Crippen LogP contribution >= 0.6 is 11.3 Å². The van der Waals surface area contributed by atoms with Crippen LogP contribution in [-0.2, 0) is 0 Å². The van der Waals surface area contributed by atoms with Crippen molar-refractivity contribution in [3.63, 3.8) is 0 Å². The lowest BCUT2D eigenvalue weighted by molar-refractivity contribution is 0.520. The van der Waals surface area contributed by atoms with Gasteiger partial charge in [-0.05, 0) is 43.9 Å². The Hall–Kier alpha value is -1.09. The summed E-state index contributed by atoms with van der Waals surface area (Å²) in [5.41, 5.74) is 2.40. The summed E-state index contributed by atoms with van der Waals surface area (Å²) in [5, 5.41) is 4.59. The molecule has 0 aliphatic heterocycles. The SMILES string of the molecule is Cc1ccc2nc(NC(C)CCCC(C)C)sc2c1. The zero-order valence-corrected chi connectivity index (χ0v) is 13.2. The fraction of sp³-hybridized carbons (Fsp3) is 0.562. The highest BCUT2D eigenvalue weighted by molar-refractivity contribution is 7.22. The summed E-state index contributed by atoms with van der Waals surface area (Å²) in [5.74, 6) is 0.803. The Morgan fingerprint density at radius 3 is 2.74 bits per heavy atom. The minimum absolute atomic E-state index is 0.500. The molecule has 2 nitrogen and oxygen atoms in total. The second kappa shape index (κ2) is 6.38. The number of thiazole rings is 1. The maximum Gasteiger partial charge on any atom is 0.183 e. The van der Waals surface area contributed by atoms with E-state index >= 15 is 0 Å². The molecule has 0 fully saturated rings. The minimum atomic E-state index is 0.500. The van der Waals surface area contributed by atoms with Crippen molar-refractivity contribution in [3.8, 4) is 0 Å². The Balaban J connectivity index is 1.93. The van der Waals surface area contributed by atoms with Gasteiger partial charge in [-0.2, -0.15) is 0 Å². The van der Waals surface area contributed by atoms with Crippen molar-refractivity contribution in [2.75, 3.05) is 5.32 Å². The molecule has 2 rings (SSSR count). The van der Waals surface area contributed by atoms with Gasteiger partial charge in [0.2, 0.25) is 0 Å². The second-order valence-corrected chi connectivity index (χ2v) is 6.89. The zero-order chi connectivity index (χ0) is 13.8. The van der Waals surface area contributed by atoms with Crippen LogP contribution in [0.2, 0.25) is 0 Å². The van der Waals surface area contributed by atoms with Gasteiger partial charge in [0.25, 0.3) is 0 Å². The molecule has 1 aromatic carbocycles. The van der Waals surface area contributed by atoms with Gasteiger partial charge in [-0.15, -0.1) is 0 Å². The van der Waals surface area contributed by atoms with Gasteiger partial charge in [-0.25, -0.2) is 4.98 Å². The van der Waals surface area contributed by atoms with Gasteiger partial charge in [-0.1, -0.05) is 44.1 Å². The van der Waals surface area contributed by atoms with Crippen LogP contribution in [0.5, 0.6) is 0 Å². The molecule has 0 saturated heterocycles. The van der Waals surface area contributed by atoms with Gasteiger partial charge in [0.05, 0.1) is 10.2 Å². The molecule has 0 radical (unpaired) electrons. The fourth-order valence-corrected chi connectivity index (χ4v) is 3.28. The largest absolute Gasteiger partial charge is 0.359 e. The number of hydrogen-bond donors (Lipinski definition) is 1. The first-order valence-electron chi connectivity index (χ1n) is 7.18. The zero-order valence-electron chi connectivity index (χ0n) is 12.4. The van der Waals surface area contributed by atoms with Crippen LogP contribution in [0.15, 0.2) is 18.2 Å². The van der Waals surface area contributed by atoms with Crippen LogP contribution in [0.4, 0.5) is 5.13 Å². The normalized spacial score (nSPS) is 13.1. The molecule has 0 saturated carbocycles. The number of aromatic nitrogens is 1. The van der Waals surface area contributed by atoms with Crippen LogP contribution in [0.1, 0.15) is 45.6 Å². The lowest BCUT2D eigenvalue weighted by atomic mass is 10.0. The van der Waals surface area contributed by atoms with E-state index in [2.05, 4.69) is 56.2 Å². The summed E-state index contributed by atoms with van der Waals surface area (Å²) in [6, 6.07) is 6.94. The molecule has 0 spiro atoms. The molecule has 19 heavy (non-hydrogen) atoms. The van der Waals surface area contributed by atoms with E-state index in [9.17, 15) is 0 Å². The van der Waals surface area contributed by atoms with Crippen molar-refractivity contribution in [1.29, 1.82) is 0 Å². The summed E-state index contributed by atoms with van der Waals surface area (Å²) >= 11 is 1.76. The van der Waals surface area contributed by atoms with E-state index in [4.69, 9.17) is 0 Å². The highest BCUT2D eigenvalue weighted by atomic mass is 32.1. The minimum Gasteiger partial charge on any atom is -0.359 e. The molecule has 0 aliphatic rings. The molecule has 0 bridgehead atoms. The van der Waals surface area contributed by atoms with E-state index in [1.807, 2.05) is 0 Å². The van der Waals surface area contributed by atoms with Crippen LogP contribution in [0.25, 0.3) is 10.2 Å². The molecular weight excluding hydrogens is 252 g/mol. The molecular formula is C16H24N2S. The van der Waals surface area contributed by atoms with Gasteiger partial charge in [0.15, 0.2) is 5.13 Å². The molecule has 2 aromatic rings. The molecule has 1 atom stereocenters. The van der Waals surface area contributed by atoms with Crippen LogP contribution in [-0.4, -0.2) is 11.0 Å². The van der Waals surface area contributed by atoms with Crippen LogP contribution in [0.3, 0.4) is 0 Å². The Morgan fingerprint density at radius 2 is 2.00 bits per heavy atom. The molecule has 1 aromatic heterocycles. The molecule has 0 amide bonds. The fourth-order valence-electron chi connectivity index (χ4n) is 2.21. The third kappa shape index (κ3) is 4.20. The number of anilines is 1. The molecule has 104 valence electrons. The quantitative estimate of drug-likeness (QED) is 0.781. The molecule has 0 aliphatic carbocycles. The predicted octanol–water partition coefficient (Wildman–Crippen LogP) is 5.23. The van der Waals surface area contributed by atoms with Gasteiger partial charge in [0.1, 0.15) is 0 Å². The third-order valence-corrected chi connectivity index (χ3v) is 4.28. The number of aryl methyl sites for hydroxylation is 1. The standard InChI is InChI=1S/C16H24N2S/c1-11(2)6-5-7-13(4)17-16-18-14-9-8-12(3)10-15(14)19-16/h8-11,13H,5-7H2,1-4H3,(H,17,18). The van der Waals surface area contributed by atoms with E-state index < -0.39 is 0 Å². The predicted molar refractivity (Wildman–Crippen MR) is 86.1 cm³/mol. The van der Waals surface area contributed by atoms with Crippen molar-refractivity contribution >= 4 is 26.7 Å². The highest BCUT2D eigenvalue weighted by Crippen LogP contribution is 2.27. The van der Waals surface area contributed by atoms with Crippen molar-refractivity contribution in [3.05, 3.63) is 23.8 Å². The maximum absolute atomic E-state index is 4.64. The first kappa shape index (κ1) is 14.3. The number of rotatable bonds is 6. The summed E-state index contributed by atoms with van der Waals surface area (Å²) in [7, 11) is 0. The highest BCUT2D eigenvalue weighted by Gasteiger charge is 2.07. The van der Waals surface area contributed by atoms with E-state index in [0.29, 0.717) is 6.04 Å². The topological polar surface area (TPSA) is 24.9 Å². The van der Waals surface area contributed by atoms with Crippen molar-refractivity contribution < 1.29 is 0 Å². The summed E-state index contributed by atoms with van der Waals surface area (Å²) in [6.07, 6.45) is 3.81. The Kier molecular flexibility index (Phi) is 4.81. The molecule has 3 heteroatoms. The maximum atomic E-state index is 4.64. The number of nitrogens with one attached hydrogen (secondary N) is 1. The van der Waals surface area contributed by atoms with Crippen molar-refractivity contribution in [1.82, 2.24) is 4.98 Å². The Bertz CT molecular complexity index is 531. The van der Waals surface area contributed by atoms with E-state index in [1.54, 1.807) is 11.3 Å². The van der Waals surface area contributed by atoms with Crippen molar-refractivity contribution in [2.24, 2.45) is 5.92 Å². The number of nitrogens with zero attached hydrogens (tertiary/aromatic N) is 1. The number of benzene rings is 1. The Labute approximate surface area is 120 Å². The van der Waals surface area contributed by atoms with Crippen molar-refractivity contribution in [2.45, 2.75) is 53.0 Å². The van der Waals surface area contributed by atoms with Gasteiger partial charge in [-0.3, -0.25) is 0 Å². The van der Waals surface area contributed by atoms with Crippen LogP contribution in [0, 0.1) is 12.8 Å². The summed E-state index contributed by atoms with van der Waals surface area (Å²) < 4.78 is 1.27. The lowest BCUT2D eigenvalue weighted by Gasteiger charge is -2.13. The number of hydrogen-bond acceptors (Lipinski definition) is 3. The van der Waals surface area contributed by atoms with E-state index in [-0.39, 0.29) is 0 Å². The molecule has 1 heterocycles. The van der Waals surface area contributed by atoms with E-state index in [1.165, 1.54) is 29.5 Å². The van der Waals surface area contributed by atoms with Gasteiger partial charge >= 0.3 is 0 Å². The van der Waals surface area contributed by atoms with Crippen LogP contribution < -0.4 is 5.32 Å². The molecule has 1 N–H and O–H groups in total. The average Bonchev–Trinajstić information content (AvgIpc) is 2.69. The second-order valence-electron chi connectivity index (χ2n) is 5.86. The third-order valence-electron chi connectivity index (χ3n) is 3.33. The van der Waals surface area contributed by atoms with E-state index in [0.717, 1.165) is 16.6 Å². The smallest absolute Gasteiger partial charge is 0.183 e. The van der Waals surface area contributed by atoms with Gasteiger partial charge < -0.3 is 5.32 Å². The lowest BCUT2D eigenvalue weighted by Crippen LogP contribution is -2.14.